The third kappa shape index (κ3) is 3.03. The number of amides is 1. The number of carbonyl (C=O) groups excluding carboxylic acids is 1. The molecule has 1 N–H and O–H groups in total. The van der Waals surface area contributed by atoms with E-state index in [1.807, 2.05) is 48.7 Å². The number of aliphatic hydroxyl groups excluding tert-OH is 1. The number of likely N-dealkylation sites (N-methyl/N-ethyl adjacent to an activating group) is 1. The first-order chi connectivity index (χ1) is 9.11. The molecule has 2 rings (SSSR count). The first-order valence-corrected chi connectivity index (χ1v) is 7.03. The second-order valence-electron chi connectivity index (χ2n) is 4.49. The van der Waals surface area contributed by atoms with Crippen LogP contribution in [0.3, 0.4) is 0 Å². The minimum absolute atomic E-state index is 0.0579. The van der Waals surface area contributed by atoms with Crippen molar-refractivity contribution >= 4 is 17.2 Å². The normalized spacial score (nSPS) is 13.8. The lowest BCUT2D eigenvalue weighted by atomic mass is 10.0. The summed E-state index contributed by atoms with van der Waals surface area (Å²) in [6, 6.07) is 12.8. The molecule has 0 saturated carbocycles. The molecule has 2 aromatic rings. The fourth-order valence-electron chi connectivity index (χ4n) is 1.90. The molecule has 0 bridgehead atoms. The Balaban J connectivity index is 2.11. The van der Waals surface area contributed by atoms with Gasteiger partial charge in [0.25, 0.3) is 5.91 Å². The number of nitrogens with zero attached hydrogens (tertiary/aromatic N) is 1. The van der Waals surface area contributed by atoms with Gasteiger partial charge in [-0.3, -0.25) is 4.79 Å². The summed E-state index contributed by atoms with van der Waals surface area (Å²) in [6.45, 7) is 1.85. The zero-order chi connectivity index (χ0) is 13.8. The second-order valence-corrected chi connectivity index (χ2v) is 5.44. The second kappa shape index (κ2) is 5.99. The predicted octanol–water partition coefficient (Wildman–Crippen LogP) is 2.94. The maximum Gasteiger partial charge on any atom is 0.263 e. The van der Waals surface area contributed by atoms with Crippen molar-refractivity contribution in [1.29, 1.82) is 0 Å². The fraction of sp³-hybridized carbons (Fsp3) is 0.267. The van der Waals surface area contributed by atoms with E-state index in [0.717, 1.165) is 5.56 Å². The maximum absolute atomic E-state index is 12.2. The van der Waals surface area contributed by atoms with Gasteiger partial charge in [-0.25, -0.2) is 0 Å². The molecule has 0 spiro atoms. The van der Waals surface area contributed by atoms with Crippen molar-refractivity contribution < 1.29 is 9.90 Å². The highest BCUT2D eigenvalue weighted by molar-refractivity contribution is 7.12. The average Bonchev–Trinajstić information content (AvgIpc) is 2.99. The molecular formula is C15H17NO2S. The van der Waals surface area contributed by atoms with E-state index in [2.05, 4.69) is 0 Å². The van der Waals surface area contributed by atoms with Crippen LogP contribution in [0.5, 0.6) is 0 Å². The lowest BCUT2D eigenvalue weighted by Crippen LogP contribution is -2.38. The van der Waals surface area contributed by atoms with Gasteiger partial charge in [-0.15, -0.1) is 11.3 Å². The molecule has 100 valence electrons. The average molecular weight is 275 g/mol. The van der Waals surface area contributed by atoms with Gasteiger partial charge in [0.05, 0.1) is 17.0 Å². The highest BCUT2D eigenvalue weighted by Gasteiger charge is 2.25. The minimum atomic E-state index is -0.685. The molecule has 1 aromatic heterocycles. The van der Waals surface area contributed by atoms with Gasteiger partial charge in [0.15, 0.2) is 0 Å². The zero-order valence-electron chi connectivity index (χ0n) is 11.0. The summed E-state index contributed by atoms with van der Waals surface area (Å²) in [5.74, 6) is -0.0579. The Labute approximate surface area is 117 Å². The van der Waals surface area contributed by atoms with E-state index < -0.39 is 6.10 Å². The Bertz CT molecular complexity index is 524. The third-order valence-corrected chi connectivity index (χ3v) is 4.12. The third-order valence-electron chi connectivity index (χ3n) is 3.26. The Hall–Kier alpha value is -1.65. The molecule has 19 heavy (non-hydrogen) atoms. The highest BCUT2D eigenvalue weighted by atomic mass is 32.1. The number of aliphatic hydroxyl groups is 1. The molecule has 4 heteroatoms. The molecule has 3 nitrogen and oxygen atoms in total. The van der Waals surface area contributed by atoms with Crippen molar-refractivity contribution in [2.24, 2.45) is 0 Å². The summed E-state index contributed by atoms with van der Waals surface area (Å²) in [6.07, 6.45) is -0.685. The van der Waals surface area contributed by atoms with E-state index >= 15 is 0 Å². The maximum atomic E-state index is 12.2. The van der Waals surface area contributed by atoms with Crippen molar-refractivity contribution in [2.45, 2.75) is 19.1 Å². The Kier molecular flexibility index (Phi) is 4.35. The standard InChI is InChI=1S/C15H17NO2S/c1-11(14(17)12-7-4-3-5-8-12)16(2)15(18)13-9-6-10-19-13/h3-11,14,17H,1-2H3. The number of thiophene rings is 1. The van der Waals surface area contributed by atoms with Crippen molar-refractivity contribution in [2.75, 3.05) is 7.05 Å². The van der Waals surface area contributed by atoms with Crippen LogP contribution < -0.4 is 0 Å². The molecule has 0 aliphatic heterocycles. The number of carbonyl (C=O) groups is 1. The molecule has 0 aliphatic rings. The molecule has 1 aromatic carbocycles. The molecule has 0 saturated heterocycles. The molecule has 0 aliphatic carbocycles. The summed E-state index contributed by atoms with van der Waals surface area (Å²) in [7, 11) is 1.72. The Morgan fingerprint density at radius 2 is 1.89 bits per heavy atom. The Morgan fingerprint density at radius 1 is 1.21 bits per heavy atom. The molecule has 0 fully saturated rings. The van der Waals surface area contributed by atoms with Gasteiger partial charge in [0.2, 0.25) is 0 Å². The van der Waals surface area contributed by atoms with Crippen LogP contribution in [-0.2, 0) is 0 Å². The van der Waals surface area contributed by atoms with Gasteiger partial charge >= 0.3 is 0 Å². The molecule has 1 heterocycles. The quantitative estimate of drug-likeness (QED) is 0.932. The minimum Gasteiger partial charge on any atom is -0.386 e. The van der Waals surface area contributed by atoms with Crippen molar-refractivity contribution in [3.8, 4) is 0 Å². The van der Waals surface area contributed by atoms with E-state index in [9.17, 15) is 9.90 Å². The molecule has 1 amide bonds. The van der Waals surface area contributed by atoms with Crippen LogP contribution in [0.25, 0.3) is 0 Å². The van der Waals surface area contributed by atoms with Gasteiger partial charge in [0.1, 0.15) is 0 Å². The highest BCUT2D eigenvalue weighted by Crippen LogP contribution is 2.22. The predicted molar refractivity (Wildman–Crippen MR) is 77.3 cm³/mol. The lowest BCUT2D eigenvalue weighted by Gasteiger charge is -2.29. The first-order valence-electron chi connectivity index (χ1n) is 6.15. The van der Waals surface area contributed by atoms with Gasteiger partial charge in [-0.2, -0.15) is 0 Å². The largest absolute Gasteiger partial charge is 0.386 e. The number of hydrogen-bond donors (Lipinski definition) is 1. The van der Waals surface area contributed by atoms with Crippen molar-refractivity contribution in [3.05, 3.63) is 58.3 Å². The first kappa shape index (κ1) is 13.8. The van der Waals surface area contributed by atoms with Crippen LogP contribution in [0.1, 0.15) is 28.3 Å². The molecule has 2 unspecified atom stereocenters. The van der Waals surface area contributed by atoms with Crippen LogP contribution in [-0.4, -0.2) is 29.0 Å². The lowest BCUT2D eigenvalue weighted by molar-refractivity contribution is 0.0491. The van der Waals surface area contributed by atoms with Crippen molar-refractivity contribution in [1.82, 2.24) is 4.90 Å². The van der Waals surface area contributed by atoms with Gasteiger partial charge in [-0.05, 0) is 23.9 Å². The molecular weight excluding hydrogens is 258 g/mol. The summed E-state index contributed by atoms with van der Waals surface area (Å²) < 4.78 is 0. The molecule has 2 atom stereocenters. The van der Waals surface area contributed by atoms with E-state index in [-0.39, 0.29) is 11.9 Å². The van der Waals surface area contributed by atoms with E-state index in [4.69, 9.17) is 0 Å². The van der Waals surface area contributed by atoms with Gasteiger partial charge in [-0.1, -0.05) is 36.4 Å². The van der Waals surface area contributed by atoms with Crippen LogP contribution in [0.2, 0.25) is 0 Å². The summed E-state index contributed by atoms with van der Waals surface area (Å²) in [4.78, 5) is 14.5. The van der Waals surface area contributed by atoms with E-state index in [1.165, 1.54) is 11.3 Å². The monoisotopic (exact) mass is 275 g/mol. The van der Waals surface area contributed by atoms with Crippen LogP contribution in [0.4, 0.5) is 0 Å². The summed E-state index contributed by atoms with van der Waals surface area (Å²) in [5.41, 5.74) is 0.820. The fourth-order valence-corrected chi connectivity index (χ4v) is 2.61. The van der Waals surface area contributed by atoms with Gasteiger partial charge < -0.3 is 10.0 Å². The number of hydrogen-bond acceptors (Lipinski definition) is 3. The topological polar surface area (TPSA) is 40.5 Å². The van der Waals surface area contributed by atoms with Crippen LogP contribution >= 0.6 is 11.3 Å². The number of rotatable bonds is 4. The zero-order valence-corrected chi connectivity index (χ0v) is 11.8. The number of benzene rings is 1. The van der Waals surface area contributed by atoms with Crippen LogP contribution in [0, 0.1) is 0 Å². The van der Waals surface area contributed by atoms with Gasteiger partial charge in [0, 0.05) is 7.05 Å². The Morgan fingerprint density at radius 3 is 2.47 bits per heavy atom. The van der Waals surface area contributed by atoms with E-state index in [0.29, 0.717) is 4.88 Å². The van der Waals surface area contributed by atoms with Crippen molar-refractivity contribution in [3.63, 3.8) is 0 Å². The van der Waals surface area contributed by atoms with E-state index in [1.54, 1.807) is 18.0 Å². The smallest absolute Gasteiger partial charge is 0.263 e. The van der Waals surface area contributed by atoms with Crippen LogP contribution in [0.15, 0.2) is 47.8 Å². The SMILES string of the molecule is CC(C(O)c1ccccc1)N(C)C(=O)c1cccs1. The molecule has 0 radical (unpaired) electrons. The summed E-state index contributed by atoms with van der Waals surface area (Å²) >= 11 is 1.41. The summed E-state index contributed by atoms with van der Waals surface area (Å²) in [5, 5.41) is 12.2.